The van der Waals surface area contributed by atoms with Gasteiger partial charge in [0.15, 0.2) is 0 Å². The molecule has 19 heavy (non-hydrogen) atoms. The normalized spacial score (nSPS) is 17.6. The first-order chi connectivity index (χ1) is 8.90. The molecule has 0 aromatic heterocycles. The van der Waals surface area contributed by atoms with E-state index in [2.05, 4.69) is 5.32 Å². The van der Waals surface area contributed by atoms with Crippen molar-refractivity contribution in [3.8, 4) is 0 Å². The number of carbonyl (C=O) groups is 2. The maximum atomic E-state index is 11.8. The van der Waals surface area contributed by atoms with E-state index in [-0.39, 0.29) is 18.0 Å². The maximum Gasteiger partial charge on any atom is 0.317 e. The van der Waals surface area contributed by atoms with Gasteiger partial charge < -0.3 is 20.1 Å². The first-order valence-corrected chi connectivity index (χ1v) is 6.61. The Labute approximate surface area is 114 Å². The molecule has 0 saturated heterocycles. The van der Waals surface area contributed by atoms with Crippen LogP contribution in [0.2, 0.25) is 0 Å². The Bertz CT molecular complexity index is 329. The third-order valence-corrected chi connectivity index (χ3v) is 3.72. The van der Waals surface area contributed by atoms with E-state index in [1.54, 1.807) is 21.1 Å². The molecule has 1 rings (SSSR count). The lowest BCUT2D eigenvalue weighted by atomic mass is 10.0. The Morgan fingerprint density at radius 3 is 2.58 bits per heavy atom. The molecule has 1 atom stereocenters. The van der Waals surface area contributed by atoms with Gasteiger partial charge in [0.25, 0.3) is 0 Å². The summed E-state index contributed by atoms with van der Waals surface area (Å²) in [5.74, 6) is -1.45. The molecule has 0 radical (unpaired) electrons. The third kappa shape index (κ3) is 5.06. The molecule has 0 aromatic rings. The van der Waals surface area contributed by atoms with Gasteiger partial charge in [0.2, 0.25) is 0 Å². The van der Waals surface area contributed by atoms with Gasteiger partial charge in [-0.3, -0.25) is 4.79 Å². The van der Waals surface area contributed by atoms with Crippen molar-refractivity contribution in [3.63, 3.8) is 0 Å². The van der Waals surface area contributed by atoms with Gasteiger partial charge in [-0.2, -0.15) is 0 Å². The van der Waals surface area contributed by atoms with Crippen molar-refractivity contribution in [2.75, 3.05) is 33.9 Å². The summed E-state index contributed by atoms with van der Waals surface area (Å²) in [5, 5.41) is 11.7. The van der Waals surface area contributed by atoms with E-state index in [0.717, 1.165) is 19.3 Å². The molecule has 2 N–H and O–H groups in total. The molecule has 1 unspecified atom stereocenters. The number of methoxy groups -OCH3 is 1. The van der Waals surface area contributed by atoms with Gasteiger partial charge in [0, 0.05) is 33.9 Å². The van der Waals surface area contributed by atoms with Crippen molar-refractivity contribution >= 4 is 12.0 Å². The first-order valence-electron chi connectivity index (χ1n) is 6.61. The maximum absolute atomic E-state index is 11.8. The van der Waals surface area contributed by atoms with Crippen LogP contribution in [-0.4, -0.2) is 55.9 Å². The summed E-state index contributed by atoms with van der Waals surface area (Å²) in [5.41, 5.74) is 0.199. The van der Waals surface area contributed by atoms with Crippen molar-refractivity contribution in [2.45, 2.75) is 26.2 Å². The number of ether oxygens (including phenoxy) is 1. The Morgan fingerprint density at radius 2 is 2.11 bits per heavy atom. The molecule has 1 fully saturated rings. The van der Waals surface area contributed by atoms with Crippen LogP contribution in [0.25, 0.3) is 0 Å². The molecule has 0 aliphatic heterocycles. The van der Waals surface area contributed by atoms with Crippen molar-refractivity contribution in [1.82, 2.24) is 10.2 Å². The fourth-order valence-electron chi connectivity index (χ4n) is 1.98. The molecule has 110 valence electrons. The second-order valence-corrected chi connectivity index (χ2v) is 5.52. The van der Waals surface area contributed by atoms with E-state index in [4.69, 9.17) is 9.84 Å². The predicted molar refractivity (Wildman–Crippen MR) is 71.0 cm³/mol. The average molecular weight is 272 g/mol. The molecule has 1 saturated carbocycles. The van der Waals surface area contributed by atoms with Crippen LogP contribution in [0.4, 0.5) is 4.79 Å². The number of urea groups is 1. The lowest BCUT2D eigenvalue weighted by Gasteiger charge is -2.22. The summed E-state index contributed by atoms with van der Waals surface area (Å²) in [6, 6.07) is -0.211. The fraction of sp³-hybridized carbons (Fsp3) is 0.846. The number of carboxylic acid groups (broad SMARTS) is 1. The van der Waals surface area contributed by atoms with Crippen LogP contribution < -0.4 is 5.32 Å². The molecule has 1 aliphatic rings. The van der Waals surface area contributed by atoms with E-state index in [1.165, 1.54) is 4.90 Å². The van der Waals surface area contributed by atoms with E-state index in [0.29, 0.717) is 13.2 Å². The molecule has 2 amide bonds. The minimum Gasteiger partial charge on any atom is -0.481 e. The molecule has 6 heteroatoms. The summed E-state index contributed by atoms with van der Waals surface area (Å²) in [4.78, 5) is 24.0. The van der Waals surface area contributed by atoms with Gasteiger partial charge in [0.05, 0.1) is 5.92 Å². The lowest BCUT2D eigenvalue weighted by Crippen LogP contribution is -2.42. The minimum absolute atomic E-state index is 0.199. The zero-order valence-corrected chi connectivity index (χ0v) is 11.9. The van der Waals surface area contributed by atoms with Crippen molar-refractivity contribution < 1.29 is 19.4 Å². The molecular weight excluding hydrogens is 248 g/mol. The summed E-state index contributed by atoms with van der Waals surface area (Å²) in [6.07, 6.45) is 3.19. The number of amides is 2. The highest BCUT2D eigenvalue weighted by atomic mass is 16.5. The monoisotopic (exact) mass is 272 g/mol. The van der Waals surface area contributed by atoms with Crippen molar-refractivity contribution in [3.05, 3.63) is 0 Å². The van der Waals surface area contributed by atoms with Gasteiger partial charge in [-0.15, -0.1) is 0 Å². The van der Waals surface area contributed by atoms with Crippen LogP contribution in [0.1, 0.15) is 26.2 Å². The molecule has 6 nitrogen and oxygen atoms in total. The predicted octanol–water partition coefficient (Wildman–Crippen LogP) is 1.17. The molecule has 0 bridgehead atoms. The number of rotatable bonds is 8. The van der Waals surface area contributed by atoms with Gasteiger partial charge >= 0.3 is 12.0 Å². The van der Waals surface area contributed by atoms with Gasteiger partial charge in [-0.25, -0.2) is 4.79 Å². The quantitative estimate of drug-likeness (QED) is 0.695. The SMILES string of the molecule is COCCC1(CNC(=O)N(C)CC(C)C(=O)O)CC1. The molecule has 0 spiro atoms. The number of carbonyl (C=O) groups excluding carboxylic acids is 1. The van der Waals surface area contributed by atoms with Crippen LogP contribution >= 0.6 is 0 Å². The van der Waals surface area contributed by atoms with Crippen LogP contribution in [0, 0.1) is 11.3 Å². The summed E-state index contributed by atoms with van der Waals surface area (Å²) in [6.45, 7) is 3.15. The highest BCUT2D eigenvalue weighted by Gasteiger charge is 2.42. The Hall–Kier alpha value is -1.30. The number of hydrogen-bond acceptors (Lipinski definition) is 3. The highest BCUT2D eigenvalue weighted by Crippen LogP contribution is 2.48. The summed E-state index contributed by atoms with van der Waals surface area (Å²) < 4.78 is 5.06. The smallest absolute Gasteiger partial charge is 0.317 e. The topological polar surface area (TPSA) is 78.9 Å². The Morgan fingerprint density at radius 1 is 1.47 bits per heavy atom. The van der Waals surface area contributed by atoms with E-state index >= 15 is 0 Å². The molecule has 1 aliphatic carbocycles. The second kappa shape index (κ2) is 6.75. The zero-order valence-electron chi connectivity index (χ0n) is 11.9. The van der Waals surface area contributed by atoms with Gasteiger partial charge in [0.1, 0.15) is 0 Å². The van der Waals surface area contributed by atoms with Gasteiger partial charge in [-0.1, -0.05) is 6.92 Å². The first kappa shape index (κ1) is 15.8. The highest BCUT2D eigenvalue weighted by molar-refractivity contribution is 5.75. The fourth-order valence-corrected chi connectivity index (χ4v) is 1.98. The van der Waals surface area contributed by atoms with E-state index < -0.39 is 11.9 Å². The number of carboxylic acids is 1. The number of nitrogens with one attached hydrogen (secondary N) is 1. The van der Waals surface area contributed by atoms with Crippen LogP contribution in [-0.2, 0) is 9.53 Å². The van der Waals surface area contributed by atoms with E-state index in [1.807, 2.05) is 0 Å². The standard InChI is InChI=1S/C13H24N2O4/c1-10(11(16)17)8-15(2)12(18)14-9-13(4-5-13)6-7-19-3/h10H,4-9H2,1-3H3,(H,14,18)(H,16,17). The Balaban J connectivity index is 2.29. The lowest BCUT2D eigenvalue weighted by molar-refractivity contribution is -0.141. The zero-order chi connectivity index (χ0) is 14.5. The second-order valence-electron chi connectivity index (χ2n) is 5.52. The molecular formula is C13H24N2O4. The summed E-state index contributed by atoms with van der Waals surface area (Å²) in [7, 11) is 3.29. The number of nitrogens with zero attached hydrogens (tertiary/aromatic N) is 1. The van der Waals surface area contributed by atoms with Crippen molar-refractivity contribution in [2.24, 2.45) is 11.3 Å². The molecule has 0 aromatic carbocycles. The number of aliphatic carboxylic acids is 1. The summed E-state index contributed by atoms with van der Waals surface area (Å²) >= 11 is 0. The van der Waals surface area contributed by atoms with Gasteiger partial charge in [-0.05, 0) is 24.7 Å². The third-order valence-electron chi connectivity index (χ3n) is 3.72. The van der Waals surface area contributed by atoms with Crippen LogP contribution in [0.5, 0.6) is 0 Å². The van der Waals surface area contributed by atoms with E-state index in [9.17, 15) is 9.59 Å². The Kier molecular flexibility index (Phi) is 5.60. The largest absolute Gasteiger partial charge is 0.481 e. The minimum atomic E-state index is -0.890. The van der Waals surface area contributed by atoms with Crippen LogP contribution in [0.15, 0.2) is 0 Å². The molecule has 0 heterocycles. The van der Waals surface area contributed by atoms with Crippen molar-refractivity contribution in [1.29, 1.82) is 0 Å². The van der Waals surface area contributed by atoms with Crippen LogP contribution in [0.3, 0.4) is 0 Å². The average Bonchev–Trinajstić information content (AvgIpc) is 3.13. The number of hydrogen-bond donors (Lipinski definition) is 2.